The highest BCUT2D eigenvalue weighted by Gasteiger charge is 2.56. The molecule has 14 heteroatoms. The molecule has 1 unspecified atom stereocenters. The van der Waals surface area contributed by atoms with E-state index in [1.807, 2.05) is 0 Å². The number of halogens is 6. The molecular weight excluding hydrogens is 509 g/mol. The van der Waals surface area contributed by atoms with Crippen LogP contribution in [0.25, 0.3) is 17.2 Å². The molecule has 5 rings (SSSR count). The van der Waals surface area contributed by atoms with Crippen LogP contribution in [-0.2, 0) is 16.6 Å². The molecule has 0 spiro atoms. The van der Waals surface area contributed by atoms with Crippen LogP contribution in [0.2, 0.25) is 5.02 Å². The highest BCUT2D eigenvalue weighted by molar-refractivity contribution is 6.30. The van der Waals surface area contributed by atoms with Crippen LogP contribution in [0, 0.1) is 0 Å². The van der Waals surface area contributed by atoms with Crippen molar-refractivity contribution in [3.05, 3.63) is 65.1 Å². The normalized spacial score (nSPS) is 17.9. The minimum absolute atomic E-state index is 0.0294. The fourth-order valence-corrected chi connectivity index (χ4v) is 4.05. The molecular formula is C22H15ClF5N7O. The van der Waals surface area contributed by atoms with Crippen molar-refractivity contribution in [1.82, 2.24) is 29.3 Å². The Morgan fingerprint density at radius 1 is 1.08 bits per heavy atom. The summed E-state index contributed by atoms with van der Waals surface area (Å²) in [5.41, 5.74) is -0.183. The molecule has 0 saturated heterocycles. The average molecular weight is 524 g/mol. The zero-order chi connectivity index (χ0) is 25.9. The number of carbonyl (C=O) groups is 1. The van der Waals surface area contributed by atoms with Crippen LogP contribution in [0.5, 0.6) is 0 Å². The van der Waals surface area contributed by atoms with E-state index in [-0.39, 0.29) is 28.7 Å². The molecule has 1 atom stereocenters. The molecule has 0 saturated carbocycles. The van der Waals surface area contributed by atoms with Crippen molar-refractivity contribution in [2.75, 3.05) is 5.32 Å². The highest BCUT2D eigenvalue weighted by Crippen LogP contribution is 2.41. The molecule has 0 bridgehead atoms. The molecule has 36 heavy (non-hydrogen) atoms. The molecule has 4 aromatic heterocycles. The largest absolute Gasteiger partial charge is 0.453 e. The maximum atomic E-state index is 13.5. The van der Waals surface area contributed by atoms with Gasteiger partial charge in [-0.15, -0.1) is 0 Å². The summed E-state index contributed by atoms with van der Waals surface area (Å²) in [6, 6.07) is 3.21. The Bertz CT molecular complexity index is 1490. The van der Waals surface area contributed by atoms with Crippen molar-refractivity contribution in [2.45, 2.75) is 37.3 Å². The van der Waals surface area contributed by atoms with E-state index in [1.54, 1.807) is 19.1 Å². The Balaban J connectivity index is 1.52. The zero-order valence-electron chi connectivity index (χ0n) is 18.3. The summed E-state index contributed by atoms with van der Waals surface area (Å²) in [6.07, 6.45) is -0.716. The molecule has 1 amide bonds. The smallest absolute Gasteiger partial charge is 0.309 e. The zero-order valence-corrected chi connectivity index (χ0v) is 19.1. The number of imidazole rings is 1. The fourth-order valence-electron chi connectivity index (χ4n) is 3.94. The minimum atomic E-state index is -5.68. The lowest BCUT2D eigenvalue weighted by molar-refractivity contribution is -0.284. The number of aryl methyl sites for hydroxylation is 1. The lowest BCUT2D eigenvalue weighted by Gasteiger charge is -2.21. The number of alkyl halides is 5. The van der Waals surface area contributed by atoms with Crippen LogP contribution >= 0.6 is 11.6 Å². The molecule has 5 heterocycles. The Labute approximate surface area is 204 Å². The van der Waals surface area contributed by atoms with Gasteiger partial charge in [-0.25, -0.2) is 19.9 Å². The van der Waals surface area contributed by atoms with Gasteiger partial charge in [0.25, 0.3) is 0 Å². The van der Waals surface area contributed by atoms with E-state index >= 15 is 0 Å². The van der Waals surface area contributed by atoms with Gasteiger partial charge in [-0.3, -0.25) is 9.78 Å². The van der Waals surface area contributed by atoms with E-state index in [1.165, 1.54) is 35.4 Å². The van der Waals surface area contributed by atoms with Gasteiger partial charge in [0.1, 0.15) is 16.9 Å². The number of hydrogen-bond acceptors (Lipinski definition) is 6. The third kappa shape index (κ3) is 3.83. The SMILES string of the molecule is CC1(c2ccc(Cl)cn2)C(=O)Nc2nc(-c3cn4ccnc4c(CCC(F)(F)C(F)(F)F)n3)ncc21. The van der Waals surface area contributed by atoms with Crippen LogP contribution in [0.4, 0.5) is 27.8 Å². The van der Waals surface area contributed by atoms with Crippen LogP contribution in [0.3, 0.4) is 0 Å². The Hall–Kier alpha value is -3.74. The number of nitrogens with zero attached hydrogens (tertiary/aromatic N) is 6. The average Bonchev–Trinajstić information content (AvgIpc) is 3.39. The van der Waals surface area contributed by atoms with Gasteiger partial charge >= 0.3 is 12.1 Å². The Morgan fingerprint density at radius 3 is 2.56 bits per heavy atom. The summed E-state index contributed by atoms with van der Waals surface area (Å²) in [5, 5.41) is 3.09. The van der Waals surface area contributed by atoms with Gasteiger partial charge < -0.3 is 9.72 Å². The second-order valence-electron chi connectivity index (χ2n) is 8.33. The monoisotopic (exact) mass is 523 g/mol. The maximum absolute atomic E-state index is 13.5. The second kappa shape index (κ2) is 8.15. The van der Waals surface area contributed by atoms with E-state index in [0.29, 0.717) is 16.3 Å². The summed E-state index contributed by atoms with van der Waals surface area (Å²) >= 11 is 5.91. The lowest BCUT2D eigenvalue weighted by atomic mass is 9.81. The Kier molecular flexibility index (Phi) is 5.43. The molecule has 0 radical (unpaired) electrons. The highest BCUT2D eigenvalue weighted by atomic mass is 35.5. The molecule has 1 aliphatic heterocycles. The van der Waals surface area contributed by atoms with E-state index in [2.05, 4.69) is 30.2 Å². The van der Waals surface area contributed by atoms with E-state index in [9.17, 15) is 26.7 Å². The summed E-state index contributed by atoms with van der Waals surface area (Å²) in [5.74, 6) is -5.06. The third-order valence-corrected chi connectivity index (χ3v) is 6.24. The van der Waals surface area contributed by atoms with Gasteiger partial charge in [0, 0.05) is 43.0 Å². The first-order valence-electron chi connectivity index (χ1n) is 10.5. The molecule has 1 aliphatic rings. The summed E-state index contributed by atoms with van der Waals surface area (Å²) in [6.45, 7) is 1.65. The molecule has 0 aromatic carbocycles. The summed E-state index contributed by atoms with van der Waals surface area (Å²) in [4.78, 5) is 34.0. The standard InChI is InChI=1S/C22H15ClF5N7O/c1-20(15-3-2-11(23)8-30-15)12-9-31-17(33-16(12)34-19(20)36)14-10-35-7-6-29-18(35)13(32-14)4-5-21(24,25)22(26,27)28/h2-3,6-10H,4-5H2,1H3,(H,31,33,34,36). The molecule has 0 fully saturated rings. The van der Waals surface area contributed by atoms with Crippen molar-refractivity contribution in [2.24, 2.45) is 0 Å². The van der Waals surface area contributed by atoms with Crippen LogP contribution in [0.15, 0.2) is 43.1 Å². The van der Waals surface area contributed by atoms with E-state index in [4.69, 9.17) is 11.6 Å². The van der Waals surface area contributed by atoms with Crippen molar-refractivity contribution < 1.29 is 26.7 Å². The fraction of sp³-hybridized carbons (Fsp3) is 0.273. The molecule has 186 valence electrons. The number of nitrogens with one attached hydrogen (secondary N) is 1. The Morgan fingerprint density at radius 2 is 1.86 bits per heavy atom. The molecule has 1 N–H and O–H groups in total. The minimum Gasteiger partial charge on any atom is -0.309 e. The first-order chi connectivity index (χ1) is 16.9. The number of anilines is 1. The molecule has 4 aromatic rings. The van der Waals surface area contributed by atoms with Gasteiger partial charge in [0.2, 0.25) is 5.91 Å². The summed E-state index contributed by atoms with van der Waals surface area (Å²) in [7, 11) is 0. The van der Waals surface area contributed by atoms with Crippen molar-refractivity contribution in [3.8, 4) is 11.5 Å². The third-order valence-electron chi connectivity index (χ3n) is 6.02. The van der Waals surface area contributed by atoms with Crippen LogP contribution in [-0.4, -0.2) is 47.3 Å². The van der Waals surface area contributed by atoms with Crippen LogP contribution in [0.1, 0.15) is 30.3 Å². The summed E-state index contributed by atoms with van der Waals surface area (Å²) < 4.78 is 66.4. The predicted octanol–water partition coefficient (Wildman–Crippen LogP) is 4.62. The van der Waals surface area contributed by atoms with Gasteiger partial charge in [-0.2, -0.15) is 22.0 Å². The number of amides is 1. The van der Waals surface area contributed by atoms with Crippen LogP contribution < -0.4 is 5.32 Å². The number of aromatic nitrogens is 6. The first kappa shape index (κ1) is 24.0. The van der Waals surface area contributed by atoms with E-state index in [0.717, 1.165) is 0 Å². The maximum Gasteiger partial charge on any atom is 0.453 e. The van der Waals surface area contributed by atoms with Gasteiger partial charge in [-0.1, -0.05) is 11.6 Å². The van der Waals surface area contributed by atoms with Crippen molar-refractivity contribution in [1.29, 1.82) is 0 Å². The number of carbonyl (C=O) groups excluding carboxylic acids is 1. The first-order valence-corrected chi connectivity index (χ1v) is 10.9. The van der Waals surface area contributed by atoms with Gasteiger partial charge in [-0.05, 0) is 25.5 Å². The number of pyridine rings is 1. The quantitative estimate of drug-likeness (QED) is 0.383. The molecule has 0 aliphatic carbocycles. The second-order valence-corrected chi connectivity index (χ2v) is 8.77. The van der Waals surface area contributed by atoms with Gasteiger partial charge in [0.05, 0.1) is 16.4 Å². The molecule has 8 nitrogen and oxygen atoms in total. The topological polar surface area (TPSA) is 98.0 Å². The van der Waals surface area contributed by atoms with Crippen molar-refractivity contribution in [3.63, 3.8) is 0 Å². The van der Waals surface area contributed by atoms with Crippen molar-refractivity contribution >= 4 is 29.0 Å². The number of hydrogen-bond donors (Lipinski definition) is 1. The van der Waals surface area contributed by atoms with Gasteiger partial charge in [0.15, 0.2) is 11.5 Å². The predicted molar refractivity (Wildman–Crippen MR) is 118 cm³/mol. The number of fused-ring (bicyclic) bond motifs is 2. The lowest BCUT2D eigenvalue weighted by Crippen LogP contribution is -2.36. The number of rotatable bonds is 5. The van der Waals surface area contributed by atoms with E-state index < -0.39 is 36.3 Å².